The molecule has 1 rings (SSSR count). The van der Waals surface area contributed by atoms with Crippen LogP contribution in [0.2, 0.25) is 0 Å². The summed E-state index contributed by atoms with van der Waals surface area (Å²) in [4.78, 5) is 11.5. The van der Waals surface area contributed by atoms with E-state index >= 15 is 0 Å². The lowest BCUT2D eigenvalue weighted by Crippen LogP contribution is -2.02. The van der Waals surface area contributed by atoms with Crippen LogP contribution in [0.25, 0.3) is 0 Å². The summed E-state index contributed by atoms with van der Waals surface area (Å²) in [6, 6.07) is 7.22. The summed E-state index contributed by atoms with van der Waals surface area (Å²) in [5.41, 5.74) is 0.756. The zero-order valence-corrected chi connectivity index (χ0v) is 9.26. The van der Waals surface area contributed by atoms with Crippen molar-refractivity contribution in [2.75, 3.05) is 18.6 Å². The van der Waals surface area contributed by atoms with Crippen molar-refractivity contribution in [1.29, 1.82) is 0 Å². The zero-order valence-electron chi connectivity index (χ0n) is 8.45. The summed E-state index contributed by atoms with van der Waals surface area (Å²) in [6.45, 7) is 2.05. The molecule has 14 heavy (non-hydrogen) atoms. The molecular weight excluding hydrogens is 196 g/mol. The molecule has 0 radical (unpaired) electrons. The molecule has 0 aliphatic heterocycles. The van der Waals surface area contributed by atoms with Crippen LogP contribution < -0.4 is 4.74 Å². The van der Waals surface area contributed by atoms with Crippen molar-refractivity contribution >= 4 is 17.5 Å². The van der Waals surface area contributed by atoms with Gasteiger partial charge in [-0.2, -0.15) is 11.8 Å². The van der Waals surface area contributed by atoms with Crippen molar-refractivity contribution in [2.24, 2.45) is 0 Å². The van der Waals surface area contributed by atoms with Crippen LogP contribution in [0.5, 0.6) is 5.75 Å². The monoisotopic (exact) mass is 210 g/mol. The van der Waals surface area contributed by atoms with Crippen molar-refractivity contribution in [3.05, 3.63) is 29.8 Å². The summed E-state index contributed by atoms with van der Waals surface area (Å²) in [6.07, 6.45) is 0. The van der Waals surface area contributed by atoms with Crippen LogP contribution in [0.15, 0.2) is 24.3 Å². The van der Waals surface area contributed by atoms with Gasteiger partial charge in [0.15, 0.2) is 5.78 Å². The summed E-state index contributed by atoms with van der Waals surface area (Å²) in [5, 5.41) is 0. The van der Waals surface area contributed by atoms with Gasteiger partial charge >= 0.3 is 0 Å². The van der Waals surface area contributed by atoms with Crippen LogP contribution in [0.1, 0.15) is 17.3 Å². The van der Waals surface area contributed by atoms with Gasteiger partial charge in [0.05, 0.1) is 12.9 Å². The van der Waals surface area contributed by atoms with Crippen LogP contribution in [0.4, 0.5) is 0 Å². The fourth-order valence-electron chi connectivity index (χ4n) is 1.06. The third kappa shape index (κ3) is 3.07. The Labute approximate surface area is 88.7 Å². The Hall–Kier alpha value is -0.960. The average Bonchev–Trinajstić information content (AvgIpc) is 2.26. The van der Waals surface area contributed by atoms with Gasteiger partial charge in [0, 0.05) is 5.56 Å². The van der Waals surface area contributed by atoms with Crippen LogP contribution in [-0.4, -0.2) is 24.4 Å². The standard InChI is InChI=1S/C11H14O2S/c1-3-14-8-11(12)9-4-6-10(13-2)7-5-9/h4-7H,3,8H2,1-2H3. The lowest BCUT2D eigenvalue weighted by atomic mass is 10.1. The predicted octanol–water partition coefficient (Wildman–Crippen LogP) is 2.63. The number of carbonyl (C=O) groups is 1. The van der Waals surface area contributed by atoms with E-state index in [1.165, 1.54) is 0 Å². The fourth-order valence-corrected chi connectivity index (χ4v) is 1.61. The first-order chi connectivity index (χ1) is 6.77. The lowest BCUT2D eigenvalue weighted by molar-refractivity contribution is 0.102. The molecule has 0 fully saturated rings. The highest BCUT2D eigenvalue weighted by Crippen LogP contribution is 2.13. The SMILES string of the molecule is CCSCC(=O)c1ccc(OC)cc1. The van der Waals surface area contributed by atoms with Crippen molar-refractivity contribution in [3.8, 4) is 5.75 Å². The Bertz CT molecular complexity index is 293. The number of ether oxygens (including phenoxy) is 1. The molecule has 0 bridgehead atoms. The number of ketones is 1. The van der Waals surface area contributed by atoms with E-state index in [4.69, 9.17) is 4.74 Å². The molecule has 0 N–H and O–H groups in total. The number of carbonyl (C=O) groups excluding carboxylic acids is 1. The van der Waals surface area contributed by atoms with Crippen LogP contribution in [-0.2, 0) is 0 Å². The number of hydrogen-bond donors (Lipinski definition) is 0. The quantitative estimate of drug-likeness (QED) is 0.699. The van der Waals surface area contributed by atoms with Gasteiger partial charge in [-0.1, -0.05) is 6.92 Å². The summed E-state index contributed by atoms with van der Waals surface area (Å²) >= 11 is 1.64. The minimum Gasteiger partial charge on any atom is -0.497 e. The van der Waals surface area contributed by atoms with E-state index in [2.05, 4.69) is 0 Å². The maximum absolute atomic E-state index is 11.5. The molecule has 3 heteroatoms. The minimum absolute atomic E-state index is 0.180. The highest BCUT2D eigenvalue weighted by Gasteiger charge is 2.04. The summed E-state index contributed by atoms with van der Waals surface area (Å²) < 4.78 is 5.01. The van der Waals surface area contributed by atoms with Gasteiger partial charge in [-0.05, 0) is 30.0 Å². The molecule has 0 amide bonds. The van der Waals surface area contributed by atoms with Crippen molar-refractivity contribution in [2.45, 2.75) is 6.92 Å². The highest BCUT2D eigenvalue weighted by atomic mass is 32.2. The average molecular weight is 210 g/mol. The van der Waals surface area contributed by atoms with E-state index in [1.807, 2.05) is 19.1 Å². The van der Waals surface area contributed by atoms with Gasteiger partial charge in [0.25, 0.3) is 0 Å². The van der Waals surface area contributed by atoms with E-state index in [0.29, 0.717) is 5.75 Å². The van der Waals surface area contributed by atoms with Gasteiger partial charge in [-0.15, -0.1) is 0 Å². The predicted molar refractivity (Wildman–Crippen MR) is 60.3 cm³/mol. The Balaban J connectivity index is 2.62. The molecule has 0 saturated heterocycles. The molecule has 0 aliphatic rings. The topological polar surface area (TPSA) is 26.3 Å². The number of rotatable bonds is 5. The largest absolute Gasteiger partial charge is 0.497 e. The molecule has 0 aromatic heterocycles. The van der Waals surface area contributed by atoms with E-state index in [1.54, 1.807) is 31.0 Å². The maximum Gasteiger partial charge on any atom is 0.172 e. The number of hydrogen-bond acceptors (Lipinski definition) is 3. The van der Waals surface area contributed by atoms with Crippen LogP contribution in [0, 0.1) is 0 Å². The van der Waals surface area contributed by atoms with E-state index in [0.717, 1.165) is 17.1 Å². The minimum atomic E-state index is 0.180. The van der Waals surface area contributed by atoms with E-state index < -0.39 is 0 Å². The Morgan fingerprint density at radius 3 is 2.50 bits per heavy atom. The maximum atomic E-state index is 11.5. The molecule has 0 spiro atoms. The van der Waals surface area contributed by atoms with Gasteiger partial charge in [-0.25, -0.2) is 0 Å². The molecule has 0 atom stereocenters. The second-order valence-electron chi connectivity index (χ2n) is 2.79. The third-order valence-electron chi connectivity index (χ3n) is 1.85. The smallest absolute Gasteiger partial charge is 0.172 e. The zero-order chi connectivity index (χ0) is 10.4. The molecule has 0 saturated carbocycles. The van der Waals surface area contributed by atoms with Crippen molar-refractivity contribution < 1.29 is 9.53 Å². The summed E-state index contributed by atoms with van der Waals surface area (Å²) in [5.74, 6) is 2.49. The molecular formula is C11H14O2S. The molecule has 0 unspecified atom stereocenters. The Kier molecular flexibility index (Phi) is 4.53. The van der Waals surface area contributed by atoms with Gasteiger partial charge in [0.2, 0.25) is 0 Å². The van der Waals surface area contributed by atoms with Gasteiger partial charge in [0.1, 0.15) is 5.75 Å². The molecule has 76 valence electrons. The van der Waals surface area contributed by atoms with Crippen LogP contribution >= 0.6 is 11.8 Å². The first kappa shape index (κ1) is 11.1. The lowest BCUT2D eigenvalue weighted by Gasteiger charge is -2.01. The highest BCUT2D eigenvalue weighted by molar-refractivity contribution is 7.99. The van der Waals surface area contributed by atoms with Crippen molar-refractivity contribution in [1.82, 2.24) is 0 Å². The molecule has 2 nitrogen and oxygen atoms in total. The normalized spacial score (nSPS) is 9.86. The third-order valence-corrected chi connectivity index (χ3v) is 2.72. The van der Waals surface area contributed by atoms with E-state index in [9.17, 15) is 4.79 Å². The second kappa shape index (κ2) is 5.70. The van der Waals surface area contributed by atoms with E-state index in [-0.39, 0.29) is 5.78 Å². The fraction of sp³-hybridized carbons (Fsp3) is 0.364. The molecule has 0 aliphatic carbocycles. The summed E-state index contributed by atoms with van der Waals surface area (Å²) in [7, 11) is 1.61. The second-order valence-corrected chi connectivity index (χ2v) is 4.06. The Morgan fingerprint density at radius 1 is 1.36 bits per heavy atom. The number of thioether (sulfide) groups is 1. The van der Waals surface area contributed by atoms with Gasteiger partial charge < -0.3 is 4.74 Å². The first-order valence-corrected chi connectivity index (χ1v) is 5.68. The Morgan fingerprint density at radius 2 is 2.00 bits per heavy atom. The number of methoxy groups -OCH3 is 1. The molecule has 0 heterocycles. The molecule has 1 aromatic rings. The number of benzene rings is 1. The number of Topliss-reactive ketones (excluding diaryl/α,β-unsaturated/α-hetero) is 1. The van der Waals surface area contributed by atoms with Crippen LogP contribution in [0.3, 0.4) is 0 Å². The first-order valence-electron chi connectivity index (χ1n) is 4.53. The molecule has 1 aromatic carbocycles. The van der Waals surface area contributed by atoms with Crippen molar-refractivity contribution in [3.63, 3.8) is 0 Å². The van der Waals surface area contributed by atoms with Gasteiger partial charge in [-0.3, -0.25) is 4.79 Å².